The predicted molar refractivity (Wildman–Crippen MR) is 94.3 cm³/mol. The van der Waals surface area contributed by atoms with Gasteiger partial charge in [-0.05, 0) is 18.6 Å². The van der Waals surface area contributed by atoms with Gasteiger partial charge >= 0.3 is 5.76 Å². The van der Waals surface area contributed by atoms with Crippen molar-refractivity contribution >= 4 is 24.8 Å². The van der Waals surface area contributed by atoms with Crippen LogP contribution in [0.2, 0.25) is 0 Å². The molecule has 0 amide bonds. The van der Waals surface area contributed by atoms with Crippen LogP contribution in [-0.2, 0) is 0 Å². The van der Waals surface area contributed by atoms with Crippen molar-refractivity contribution in [2.75, 3.05) is 39.3 Å². The van der Waals surface area contributed by atoms with Crippen LogP contribution >= 0.6 is 24.8 Å². The van der Waals surface area contributed by atoms with E-state index >= 15 is 0 Å². The molecule has 1 aliphatic rings. The summed E-state index contributed by atoms with van der Waals surface area (Å²) >= 11 is 0. The van der Waals surface area contributed by atoms with E-state index in [1.165, 1.54) is 0 Å². The Morgan fingerprint density at radius 3 is 2.67 bits per heavy atom. The summed E-state index contributed by atoms with van der Waals surface area (Å²) in [6.45, 7) is 6.05. The van der Waals surface area contributed by atoms with E-state index in [9.17, 15) is 4.79 Å². The maximum Gasteiger partial charge on any atom is 0.439 e. The van der Waals surface area contributed by atoms with Gasteiger partial charge in [0.1, 0.15) is 11.4 Å². The summed E-state index contributed by atoms with van der Waals surface area (Å²) in [5.74, 6) is 0.426. The van der Waals surface area contributed by atoms with Crippen molar-refractivity contribution in [3.63, 3.8) is 0 Å². The number of nitrogens with one attached hydrogen (secondary N) is 2. The molecule has 10 heteroatoms. The van der Waals surface area contributed by atoms with E-state index in [1.807, 2.05) is 0 Å². The average molecular weight is 378 g/mol. The van der Waals surface area contributed by atoms with Crippen molar-refractivity contribution in [1.29, 1.82) is 0 Å². The van der Waals surface area contributed by atoms with Gasteiger partial charge in [-0.25, -0.2) is 9.78 Å². The molecule has 8 nitrogen and oxygen atoms in total. The highest BCUT2D eigenvalue weighted by Gasteiger charge is 2.09. The lowest BCUT2D eigenvalue weighted by Crippen LogP contribution is -2.43. The third kappa shape index (κ3) is 5.79. The number of aromatic nitrogens is 3. The van der Waals surface area contributed by atoms with Crippen LogP contribution in [0.4, 0.5) is 0 Å². The molecular weight excluding hydrogens is 357 g/mol. The Morgan fingerprint density at radius 1 is 1.25 bits per heavy atom. The van der Waals surface area contributed by atoms with Crippen LogP contribution in [0, 0.1) is 0 Å². The first kappa shape index (κ1) is 20.4. The molecular formula is C14H21Cl2N5O3. The molecule has 3 rings (SSSR count). The standard InChI is InChI=1S/C14H19N5O3.2ClH/c20-14-17-13(18-22-14)12-3-2-11(10-16-12)21-9-1-6-19-7-4-15-5-8-19;;/h2-3,10,15H,1,4-9H2,(H,17,18,20);2*1H. The molecule has 0 saturated carbocycles. The zero-order valence-electron chi connectivity index (χ0n) is 13.1. The Balaban J connectivity index is 0.00000144. The lowest BCUT2D eigenvalue weighted by atomic mass is 10.3. The molecule has 0 aromatic carbocycles. The van der Waals surface area contributed by atoms with Gasteiger partial charge in [0.2, 0.25) is 5.82 Å². The van der Waals surface area contributed by atoms with Crippen LogP contribution in [0.25, 0.3) is 11.5 Å². The molecule has 2 aromatic heterocycles. The average Bonchev–Trinajstić information content (AvgIpc) is 3.00. The first-order valence-electron chi connectivity index (χ1n) is 7.39. The molecule has 2 aromatic rings. The normalized spacial score (nSPS) is 14.5. The molecule has 24 heavy (non-hydrogen) atoms. The van der Waals surface area contributed by atoms with Crippen molar-refractivity contribution < 1.29 is 9.26 Å². The summed E-state index contributed by atoms with van der Waals surface area (Å²) in [7, 11) is 0. The van der Waals surface area contributed by atoms with Gasteiger partial charge in [-0.15, -0.1) is 24.8 Å². The molecule has 0 unspecified atom stereocenters. The van der Waals surface area contributed by atoms with Crippen LogP contribution in [0.1, 0.15) is 6.42 Å². The highest BCUT2D eigenvalue weighted by atomic mass is 35.5. The summed E-state index contributed by atoms with van der Waals surface area (Å²) in [5.41, 5.74) is 0.541. The molecule has 1 aliphatic heterocycles. The fraction of sp³-hybridized carbons (Fsp3) is 0.500. The van der Waals surface area contributed by atoms with Crippen molar-refractivity contribution in [2.45, 2.75) is 6.42 Å². The van der Waals surface area contributed by atoms with Gasteiger partial charge in [0.25, 0.3) is 0 Å². The van der Waals surface area contributed by atoms with Gasteiger partial charge in [0, 0.05) is 32.7 Å². The lowest BCUT2D eigenvalue weighted by Gasteiger charge is -2.26. The summed E-state index contributed by atoms with van der Waals surface area (Å²) < 4.78 is 10.1. The van der Waals surface area contributed by atoms with Crippen molar-refractivity contribution in [3.05, 3.63) is 28.9 Å². The Hall–Kier alpha value is -1.61. The van der Waals surface area contributed by atoms with Crippen LogP contribution in [0.3, 0.4) is 0 Å². The van der Waals surface area contributed by atoms with E-state index in [1.54, 1.807) is 18.3 Å². The van der Waals surface area contributed by atoms with Crippen molar-refractivity contribution in [2.24, 2.45) is 0 Å². The molecule has 134 valence electrons. The summed E-state index contributed by atoms with van der Waals surface area (Å²) in [4.78, 5) is 20.0. The molecule has 0 radical (unpaired) electrons. The molecule has 3 heterocycles. The quantitative estimate of drug-likeness (QED) is 0.723. The molecule has 0 aliphatic carbocycles. The van der Waals surface area contributed by atoms with Gasteiger partial charge < -0.3 is 15.0 Å². The smallest absolute Gasteiger partial charge is 0.439 e. The topological polar surface area (TPSA) is 96.3 Å². The zero-order chi connectivity index (χ0) is 15.2. The number of nitrogens with zero attached hydrogens (tertiary/aromatic N) is 3. The van der Waals surface area contributed by atoms with E-state index in [-0.39, 0.29) is 24.8 Å². The number of aromatic amines is 1. The molecule has 2 N–H and O–H groups in total. The molecule has 0 atom stereocenters. The summed E-state index contributed by atoms with van der Waals surface area (Å²) in [6, 6.07) is 3.54. The van der Waals surface area contributed by atoms with Gasteiger partial charge in [-0.2, -0.15) is 0 Å². The number of piperazine rings is 1. The molecule has 1 fully saturated rings. The second-order valence-corrected chi connectivity index (χ2v) is 5.12. The number of hydrogen-bond acceptors (Lipinski definition) is 7. The lowest BCUT2D eigenvalue weighted by molar-refractivity contribution is 0.213. The Bertz CT molecular complexity index is 640. The van der Waals surface area contributed by atoms with Crippen molar-refractivity contribution in [3.8, 4) is 17.3 Å². The molecule has 0 spiro atoms. The molecule has 0 bridgehead atoms. The second kappa shape index (κ2) is 10.3. The highest BCUT2D eigenvalue weighted by Crippen LogP contribution is 2.15. The highest BCUT2D eigenvalue weighted by molar-refractivity contribution is 5.85. The minimum absolute atomic E-state index is 0. The van der Waals surface area contributed by atoms with Crippen LogP contribution in [-0.4, -0.2) is 59.4 Å². The maximum atomic E-state index is 10.9. The molecule has 1 saturated heterocycles. The largest absolute Gasteiger partial charge is 0.492 e. The number of hydrogen-bond donors (Lipinski definition) is 2. The fourth-order valence-corrected chi connectivity index (χ4v) is 2.36. The third-order valence-electron chi connectivity index (χ3n) is 3.52. The van der Waals surface area contributed by atoms with E-state index in [0.717, 1.165) is 39.1 Å². The minimum atomic E-state index is -0.593. The maximum absolute atomic E-state index is 10.9. The van der Waals surface area contributed by atoms with E-state index in [4.69, 9.17) is 4.74 Å². The SMILES string of the molecule is Cl.Cl.O=c1[nH]c(-c2ccc(OCCCN3CCNCC3)cn2)no1. The fourth-order valence-electron chi connectivity index (χ4n) is 2.36. The first-order valence-corrected chi connectivity index (χ1v) is 7.39. The number of halogens is 2. The van der Waals surface area contributed by atoms with Gasteiger partial charge in [0.15, 0.2) is 0 Å². The number of pyridine rings is 1. The predicted octanol–water partition coefficient (Wildman–Crippen LogP) is 0.943. The van der Waals surface area contributed by atoms with Gasteiger partial charge in [-0.1, -0.05) is 5.16 Å². The number of ether oxygens (including phenoxy) is 1. The third-order valence-corrected chi connectivity index (χ3v) is 3.52. The minimum Gasteiger partial charge on any atom is -0.492 e. The first-order chi connectivity index (χ1) is 10.8. The van der Waals surface area contributed by atoms with E-state index in [0.29, 0.717) is 23.9 Å². The van der Waals surface area contributed by atoms with Crippen molar-refractivity contribution in [1.82, 2.24) is 25.3 Å². The van der Waals surface area contributed by atoms with Crippen LogP contribution in [0.15, 0.2) is 27.6 Å². The van der Waals surface area contributed by atoms with E-state index in [2.05, 4.69) is 29.9 Å². The van der Waals surface area contributed by atoms with E-state index < -0.39 is 5.76 Å². The Morgan fingerprint density at radius 2 is 2.04 bits per heavy atom. The number of rotatable bonds is 6. The Labute approximate surface area is 151 Å². The van der Waals surface area contributed by atoms with Crippen LogP contribution < -0.4 is 15.8 Å². The zero-order valence-corrected chi connectivity index (χ0v) is 14.7. The summed E-state index contributed by atoms with van der Waals surface area (Å²) in [5, 5.41) is 6.92. The number of H-pyrrole nitrogens is 1. The van der Waals surface area contributed by atoms with Gasteiger partial charge in [0.05, 0.1) is 12.8 Å². The second-order valence-electron chi connectivity index (χ2n) is 5.12. The monoisotopic (exact) mass is 377 g/mol. The Kier molecular flexibility index (Phi) is 8.77. The summed E-state index contributed by atoms with van der Waals surface area (Å²) in [6.07, 6.45) is 2.60. The van der Waals surface area contributed by atoms with Gasteiger partial charge in [-0.3, -0.25) is 9.51 Å². The van der Waals surface area contributed by atoms with Crippen LogP contribution in [0.5, 0.6) is 5.75 Å².